The molecule has 19 heavy (non-hydrogen) atoms. The van der Waals surface area contributed by atoms with Gasteiger partial charge in [-0.3, -0.25) is 4.98 Å². The Balaban J connectivity index is 1.99. The molecule has 0 radical (unpaired) electrons. The molecule has 1 aliphatic heterocycles. The second-order valence-electron chi connectivity index (χ2n) is 4.77. The number of anilines is 3. The maximum Gasteiger partial charge on any atom is 0.0649 e. The number of para-hydroxylation sites is 2. The zero-order valence-electron chi connectivity index (χ0n) is 11.1. The average Bonchev–Trinajstić information content (AvgIpc) is 2.48. The van der Waals surface area contributed by atoms with Gasteiger partial charge in [0.1, 0.15) is 0 Å². The molecule has 2 N–H and O–H groups in total. The highest BCUT2D eigenvalue weighted by Gasteiger charge is 2.20. The van der Waals surface area contributed by atoms with Crippen molar-refractivity contribution in [3.8, 4) is 0 Å². The molecular weight excluding hydrogens is 236 g/mol. The van der Waals surface area contributed by atoms with Crippen molar-refractivity contribution in [3.05, 3.63) is 48.3 Å². The summed E-state index contributed by atoms with van der Waals surface area (Å²) in [5.74, 6) is 0. The molecule has 1 aliphatic rings. The van der Waals surface area contributed by atoms with Gasteiger partial charge in [0.25, 0.3) is 0 Å². The molecule has 0 bridgehead atoms. The van der Waals surface area contributed by atoms with Gasteiger partial charge in [0.05, 0.1) is 29.0 Å². The van der Waals surface area contributed by atoms with Crippen LogP contribution >= 0.6 is 0 Å². The Morgan fingerprint density at radius 1 is 1.11 bits per heavy atom. The fraction of sp³-hybridized carbons (Fsp3) is 0.267. The third kappa shape index (κ3) is 2.15. The molecule has 0 atom stereocenters. The van der Waals surface area contributed by atoms with Gasteiger partial charge in [0.2, 0.25) is 0 Å². The summed E-state index contributed by atoms with van der Waals surface area (Å²) in [6, 6.07) is 12.6. The molecule has 0 saturated carbocycles. The van der Waals surface area contributed by atoms with Crippen LogP contribution in [0.5, 0.6) is 0 Å². The molecule has 0 amide bonds. The fourth-order valence-corrected chi connectivity index (χ4v) is 2.47. The lowest BCUT2D eigenvalue weighted by molar-refractivity contribution is 0.819. The minimum Gasteiger partial charge on any atom is -0.371 e. The number of pyridine rings is 1. The third-order valence-electron chi connectivity index (χ3n) is 3.57. The Morgan fingerprint density at radius 3 is 2.58 bits per heavy atom. The Bertz CT molecular complexity index is 565. The predicted molar refractivity (Wildman–Crippen MR) is 78.8 cm³/mol. The summed E-state index contributed by atoms with van der Waals surface area (Å²) in [6.07, 6.45) is 1.91. The lowest BCUT2D eigenvalue weighted by Crippen LogP contribution is -2.36. The summed E-state index contributed by atoms with van der Waals surface area (Å²) >= 11 is 0. The Morgan fingerprint density at radius 2 is 1.89 bits per heavy atom. The van der Waals surface area contributed by atoms with Crippen molar-refractivity contribution in [2.75, 3.05) is 29.9 Å². The number of nitrogens with two attached hydrogens (primary N) is 1. The number of aromatic nitrogens is 1. The topological polar surface area (TPSA) is 45.4 Å². The van der Waals surface area contributed by atoms with Crippen molar-refractivity contribution in [3.63, 3.8) is 0 Å². The van der Waals surface area contributed by atoms with E-state index in [0.29, 0.717) is 6.54 Å². The normalized spacial score (nSPS) is 14.4. The molecule has 0 fully saturated rings. The van der Waals surface area contributed by atoms with Crippen molar-refractivity contribution in [1.82, 2.24) is 4.98 Å². The number of likely N-dealkylation sites (N-methyl/N-ethyl adjacent to an activating group) is 1. The summed E-state index contributed by atoms with van der Waals surface area (Å²) in [6.45, 7) is 2.46. The number of nitrogens with zero attached hydrogens (tertiary/aromatic N) is 3. The van der Waals surface area contributed by atoms with Crippen LogP contribution < -0.4 is 15.5 Å². The van der Waals surface area contributed by atoms with Crippen LogP contribution in [0.1, 0.15) is 5.69 Å². The Labute approximate surface area is 113 Å². The summed E-state index contributed by atoms with van der Waals surface area (Å²) in [4.78, 5) is 8.98. The SMILES string of the molecule is CN1CCN(c2ccc(CN)nc2)c2ccccc21. The van der Waals surface area contributed by atoms with Gasteiger partial charge in [0, 0.05) is 26.7 Å². The van der Waals surface area contributed by atoms with Crippen LogP contribution in [0.4, 0.5) is 17.1 Å². The number of fused-ring (bicyclic) bond motifs is 1. The van der Waals surface area contributed by atoms with Crippen molar-refractivity contribution in [2.24, 2.45) is 5.73 Å². The number of rotatable bonds is 2. The lowest BCUT2D eigenvalue weighted by atomic mass is 10.1. The fourth-order valence-electron chi connectivity index (χ4n) is 2.47. The van der Waals surface area contributed by atoms with Crippen LogP contribution in [0.25, 0.3) is 0 Å². The average molecular weight is 254 g/mol. The predicted octanol–water partition coefficient (Wildman–Crippen LogP) is 2.13. The summed E-state index contributed by atoms with van der Waals surface area (Å²) < 4.78 is 0. The van der Waals surface area contributed by atoms with E-state index in [0.717, 1.165) is 24.5 Å². The molecule has 98 valence electrons. The van der Waals surface area contributed by atoms with Crippen LogP contribution in [-0.4, -0.2) is 25.1 Å². The van der Waals surface area contributed by atoms with E-state index in [9.17, 15) is 0 Å². The van der Waals surface area contributed by atoms with Crippen LogP contribution in [0.2, 0.25) is 0 Å². The van der Waals surface area contributed by atoms with Crippen molar-refractivity contribution in [1.29, 1.82) is 0 Å². The van der Waals surface area contributed by atoms with E-state index in [1.165, 1.54) is 11.4 Å². The quantitative estimate of drug-likeness (QED) is 0.891. The molecule has 2 aromatic rings. The van der Waals surface area contributed by atoms with Gasteiger partial charge in [0.15, 0.2) is 0 Å². The Kier molecular flexibility index (Phi) is 3.09. The largest absolute Gasteiger partial charge is 0.371 e. The highest BCUT2D eigenvalue weighted by atomic mass is 15.3. The van der Waals surface area contributed by atoms with E-state index in [1.807, 2.05) is 12.3 Å². The molecule has 1 aromatic carbocycles. The molecule has 4 heteroatoms. The molecule has 2 heterocycles. The number of benzene rings is 1. The molecule has 0 saturated heterocycles. The van der Waals surface area contributed by atoms with Crippen LogP contribution in [0.3, 0.4) is 0 Å². The first kappa shape index (κ1) is 12.0. The van der Waals surface area contributed by atoms with Gasteiger partial charge >= 0.3 is 0 Å². The lowest BCUT2D eigenvalue weighted by Gasteiger charge is -2.36. The first-order valence-electron chi connectivity index (χ1n) is 6.52. The molecule has 4 nitrogen and oxygen atoms in total. The van der Waals surface area contributed by atoms with Gasteiger partial charge in [-0.15, -0.1) is 0 Å². The van der Waals surface area contributed by atoms with Gasteiger partial charge < -0.3 is 15.5 Å². The minimum atomic E-state index is 0.486. The highest BCUT2D eigenvalue weighted by Crippen LogP contribution is 2.36. The van der Waals surface area contributed by atoms with E-state index in [2.05, 4.69) is 52.2 Å². The molecular formula is C15H18N4. The number of hydrogen-bond donors (Lipinski definition) is 1. The first-order chi connectivity index (χ1) is 9.29. The van der Waals surface area contributed by atoms with Gasteiger partial charge in [-0.05, 0) is 24.3 Å². The Hall–Kier alpha value is -2.07. The summed E-state index contributed by atoms with van der Waals surface area (Å²) in [5.41, 5.74) is 10.1. The van der Waals surface area contributed by atoms with E-state index in [1.54, 1.807) is 0 Å². The van der Waals surface area contributed by atoms with Crippen molar-refractivity contribution in [2.45, 2.75) is 6.54 Å². The standard InChI is InChI=1S/C15H18N4/c1-18-8-9-19(15-5-3-2-4-14(15)18)13-7-6-12(10-16)17-11-13/h2-7,11H,8-10,16H2,1H3. The van der Waals surface area contributed by atoms with Crippen LogP contribution in [0.15, 0.2) is 42.6 Å². The van der Waals surface area contributed by atoms with E-state index < -0.39 is 0 Å². The number of hydrogen-bond acceptors (Lipinski definition) is 4. The monoisotopic (exact) mass is 254 g/mol. The smallest absolute Gasteiger partial charge is 0.0649 e. The maximum absolute atomic E-state index is 5.59. The zero-order chi connectivity index (χ0) is 13.2. The van der Waals surface area contributed by atoms with Gasteiger partial charge in [-0.25, -0.2) is 0 Å². The van der Waals surface area contributed by atoms with Crippen LogP contribution in [0, 0.1) is 0 Å². The summed E-state index contributed by atoms with van der Waals surface area (Å²) in [7, 11) is 2.13. The summed E-state index contributed by atoms with van der Waals surface area (Å²) in [5, 5.41) is 0. The van der Waals surface area contributed by atoms with E-state index in [-0.39, 0.29) is 0 Å². The first-order valence-corrected chi connectivity index (χ1v) is 6.52. The minimum absolute atomic E-state index is 0.486. The molecule has 0 spiro atoms. The second kappa shape index (κ2) is 4.90. The van der Waals surface area contributed by atoms with Gasteiger partial charge in [-0.1, -0.05) is 12.1 Å². The zero-order valence-corrected chi connectivity index (χ0v) is 11.1. The third-order valence-corrected chi connectivity index (χ3v) is 3.57. The molecule has 1 aromatic heterocycles. The van der Waals surface area contributed by atoms with Gasteiger partial charge in [-0.2, -0.15) is 0 Å². The maximum atomic E-state index is 5.59. The molecule has 3 rings (SSSR count). The van der Waals surface area contributed by atoms with Crippen LogP contribution in [-0.2, 0) is 6.54 Å². The van der Waals surface area contributed by atoms with Crippen molar-refractivity contribution < 1.29 is 0 Å². The molecule has 0 unspecified atom stereocenters. The molecule has 0 aliphatic carbocycles. The van der Waals surface area contributed by atoms with E-state index in [4.69, 9.17) is 5.73 Å². The second-order valence-corrected chi connectivity index (χ2v) is 4.77. The highest BCUT2D eigenvalue weighted by molar-refractivity contribution is 5.78. The van der Waals surface area contributed by atoms with E-state index >= 15 is 0 Å². The van der Waals surface area contributed by atoms with Crippen molar-refractivity contribution >= 4 is 17.1 Å².